The van der Waals surface area contributed by atoms with Gasteiger partial charge in [0.25, 0.3) is 5.91 Å². The zero-order chi connectivity index (χ0) is 20.0. The number of carbonyl (C=O) groups excluding carboxylic acids is 1. The number of amides is 1. The van der Waals surface area contributed by atoms with Gasteiger partial charge in [0, 0.05) is 18.4 Å². The molecule has 150 valence electrons. The normalized spacial score (nSPS) is 16.9. The molecule has 1 aliphatic heterocycles. The Kier molecular flexibility index (Phi) is 6.86. The summed E-state index contributed by atoms with van der Waals surface area (Å²) in [6.07, 6.45) is 6.00. The number of hydrogen-bond acceptors (Lipinski definition) is 4. The topological polar surface area (TPSA) is 66.5 Å². The SMILES string of the molecule is CS(=O)(=O)c1cccc(C(=O)NC[C@H](c2ccccc2)N2CCCCCC2)c1. The number of nitrogens with zero attached hydrogens (tertiary/aromatic N) is 1. The zero-order valence-electron chi connectivity index (χ0n) is 16.3. The lowest BCUT2D eigenvalue weighted by Gasteiger charge is -2.31. The lowest BCUT2D eigenvalue weighted by atomic mass is 10.0. The molecule has 1 amide bonds. The average molecular weight is 401 g/mol. The van der Waals surface area contributed by atoms with Gasteiger partial charge in [0.2, 0.25) is 0 Å². The summed E-state index contributed by atoms with van der Waals surface area (Å²) in [5.41, 5.74) is 1.56. The van der Waals surface area contributed by atoms with Gasteiger partial charge in [-0.1, -0.05) is 49.2 Å². The molecule has 0 spiro atoms. The van der Waals surface area contributed by atoms with E-state index < -0.39 is 9.84 Å². The molecule has 0 saturated carbocycles. The Labute approximate surface area is 167 Å². The van der Waals surface area contributed by atoms with Crippen LogP contribution < -0.4 is 5.32 Å². The molecule has 0 bridgehead atoms. The van der Waals surface area contributed by atoms with E-state index in [0.717, 1.165) is 19.3 Å². The molecule has 5 nitrogen and oxygen atoms in total. The van der Waals surface area contributed by atoms with Gasteiger partial charge in [-0.05, 0) is 49.7 Å². The van der Waals surface area contributed by atoms with Gasteiger partial charge < -0.3 is 5.32 Å². The fourth-order valence-electron chi connectivity index (χ4n) is 3.70. The second kappa shape index (κ2) is 9.34. The Balaban J connectivity index is 1.75. The lowest BCUT2D eigenvalue weighted by molar-refractivity contribution is 0.0933. The Morgan fingerprint density at radius 2 is 1.68 bits per heavy atom. The van der Waals surface area contributed by atoms with E-state index in [9.17, 15) is 13.2 Å². The van der Waals surface area contributed by atoms with Crippen molar-refractivity contribution in [3.05, 3.63) is 65.7 Å². The predicted molar refractivity (Wildman–Crippen MR) is 111 cm³/mol. The highest BCUT2D eigenvalue weighted by atomic mass is 32.2. The van der Waals surface area contributed by atoms with Gasteiger partial charge >= 0.3 is 0 Å². The number of carbonyl (C=O) groups is 1. The monoisotopic (exact) mass is 400 g/mol. The van der Waals surface area contributed by atoms with Crippen molar-refractivity contribution in [2.24, 2.45) is 0 Å². The van der Waals surface area contributed by atoms with E-state index in [0.29, 0.717) is 12.1 Å². The smallest absolute Gasteiger partial charge is 0.251 e. The van der Waals surface area contributed by atoms with Crippen LogP contribution in [0, 0.1) is 0 Å². The second-order valence-corrected chi connectivity index (χ2v) is 9.40. The number of nitrogens with one attached hydrogen (secondary N) is 1. The van der Waals surface area contributed by atoms with E-state index in [1.54, 1.807) is 12.1 Å². The first kappa shape index (κ1) is 20.6. The van der Waals surface area contributed by atoms with Crippen LogP contribution in [0.4, 0.5) is 0 Å². The number of likely N-dealkylation sites (tertiary alicyclic amines) is 1. The first-order valence-corrected chi connectivity index (χ1v) is 11.7. The summed E-state index contributed by atoms with van der Waals surface area (Å²) in [6.45, 7) is 2.55. The third kappa shape index (κ3) is 5.42. The summed E-state index contributed by atoms with van der Waals surface area (Å²) in [6, 6.07) is 16.6. The molecule has 0 aliphatic carbocycles. The van der Waals surface area contributed by atoms with Crippen LogP contribution >= 0.6 is 0 Å². The molecule has 1 fully saturated rings. The molecule has 0 aromatic heterocycles. The highest BCUT2D eigenvalue weighted by Crippen LogP contribution is 2.24. The highest BCUT2D eigenvalue weighted by Gasteiger charge is 2.22. The molecule has 1 aliphatic rings. The van der Waals surface area contributed by atoms with Crippen molar-refractivity contribution in [1.82, 2.24) is 10.2 Å². The Morgan fingerprint density at radius 3 is 2.32 bits per heavy atom. The molecule has 6 heteroatoms. The molecule has 0 unspecified atom stereocenters. The summed E-state index contributed by atoms with van der Waals surface area (Å²) < 4.78 is 23.5. The maximum absolute atomic E-state index is 12.7. The molecule has 0 radical (unpaired) electrons. The zero-order valence-corrected chi connectivity index (χ0v) is 17.1. The second-order valence-electron chi connectivity index (χ2n) is 7.39. The summed E-state index contributed by atoms with van der Waals surface area (Å²) in [5, 5.41) is 3.02. The molecule has 1 saturated heterocycles. The van der Waals surface area contributed by atoms with Crippen LogP contribution in [-0.2, 0) is 9.84 Å². The van der Waals surface area contributed by atoms with Gasteiger partial charge in [-0.25, -0.2) is 8.42 Å². The first-order valence-electron chi connectivity index (χ1n) is 9.82. The van der Waals surface area contributed by atoms with Crippen LogP contribution in [0.5, 0.6) is 0 Å². The van der Waals surface area contributed by atoms with Gasteiger partial charge in [0.15, 0.2) is 9.84 Å². The van der Waals surface area contributed by atoms with Crippen molar-refractivity contribution in [2.75, 3.05) is 25.9 Å². The van der Waals surface area contributed by atoms with Crippen molar-refractivity contribution < 1.29 is 13.2 Å². The highest BCUT2D eigenvalue weighted by molar-refractivity contribution is 7.90. The van der Waals surface area contributed by atoms with Gasteiger partial charge in [0.05, 0.1) is 10.9 Å². The maximum Gasteiger partial charge on any atom is 0.251 e. The third-order valence-corrected chi connectivity index (χ3v) is 6.36. The van der Waals surface area contributed by atoms with Crippen LogP contribution in [0.2, 0.25) is 0 Å². The quantitative estimate of drug-likeness (QED) is 0.807. The molecule has 2 aromatic rings. The lowest BCUT2D eigenvalue weighted by Crippen LogP contribution is -2.38. The fraction of sp³-hybridized carbons (Fsp3) is 0.409. The molecule has 3 rings (SSSR count). The van der Waals surface area contributed by atoms with Gasteiger partial charge in [-0.15, -0.1) is 0 Å². The number of hydrogen-bond donors (Lipinski definition) is 1. The Morgan fingerprint density at radius 1 is 1.00 bits per heavy atom. The minimum absolute atomic E-state index is 0.112. The first-order chi connectivity index (χ1) is 13.4. The van der Waals surface area contributed by atoms with E-state index in [1.807, 2.05) is 18.2 Å². The maximum atomic E-state index is 12.7. The average Bonchev–Trinajstić information content (AvgIpc) is 2.98. The fourth-order valence-corrected chi connectivity index (χ4v) is 4.37. The van der Waals surface area contributed by atoms with E-state index in [4.69, 9.17) is 0 Å². The van der Waals surface area contributed by atoms with E-state index >= 15 is 0 Å². The molecule has 1 atom stereocenters. The molecular formula is C22H28N2O3S. The standard InChI is InChI=1S/C22H28N2O3S/c1-28(26,27)20-13-9-12-19(16-20)22(25)23-17-21(18-10-5-4-6-11-18)24-14-7-2-3-8-15-24/h4-6,9-13,16,21H,2-3,7-8,14-15,17H2,1H3,(H,23,25)/t21-/m1/s1. The van der Waals surface area contributed by atoms with Gasteiger partial charge in [-0.3, -0.25) is 9.69 Å². The van der Waals surface area contributed by atoms with E-state index in [-0.39, 0.29) is 16.8 Å². The molecular weight excluding hydrogens is 372 g/mol. The Bertz CT molecular complexity index is 889. The van der Waals surface area contributed by atoms with Crippen molar-refractivity contribution >= 4 is 15.7 Å². The number of sulfone groups is 1. The number of rotatable bonds is 6. The molecule has 2 aromatic carbocycles. The van der Waals surface area contributed by atoms with Crippen molar-refractivity contribution in [3.8, 4) is 0 Å². The van der Waals surface area contributed by atoms with E-state index in [1.165, 1.54) is 43.4 Å². The molecule has 1 heterocycles. The predicted octanol–water partition coefficient (Wildman–Crippen LogP) is 3.44. The molecule has 1 N–H and O–H groups in total. The van der Waals surface area contributed by atoms with Crippen molar-refractivity contribution in [2.45, 2.75) is 36.6 Å². The summed E-state index contributed by atoms with van der Waals surface area (Å²) in [4.78, 5) is 15.3. The summed E-state index contributed by atoms with van der Waals surface area (Å²) in [7, 11) is -3.34. The Hall–Kier alpha value is -2.18. The van der Waals surface area contributed by atoms with Crippen molar-refractivity contribution in [3.63, 3.8) is 0 Å². The van der Waals surface area contributed by atoms with Gasteiger partial charge in [0.1, 0.15) is 0 Å². The van der Waals surface area contributed by atoms with Crippen LogP contribution in [0.15, 0.2) is 59.5 Å². The minimum Gasteiger partial charge on any atom is -0.350 e. The van der Waals surface area contributed by atoms with Gasteiger partial charge in [-0.2, -0.15) is 0 Å². The van der Waals surface area contributed by atoms with Crippen LogP contribution in [-0.4, -0.2) is 45.1 Å². The summed E-state index contributed by atoms with van der Waals surface area (Å²) in [5.74, 6) is -0.249. The van der Waals surface area contributed by atoms with Crippen molar-refractivity contribution in [1.29, 1.82) is 0 Å². The van der Waals surface area contributed by atoms with Crippen LogP contribution in [0.25, 0.3) is 0 Å². The minimum atomic E-state index is -3.34. The third-order valence-electron chi connectivity index (χ3n) is 5.25. The van der Waals surface area contributed by atoms with Crippen LogP contribution in [0.3, 0.4) is 0 Å². The largest absolute Gasteiger partial charge is 0.350 e. The summed E-state index contributed by atoms with van der Waals surface area (Å²) >= 11 is 0. The molecule has 28 heavy (non-hydrogen) atoms. The number of benzene rings is 2. The van der Waals surface area contributed by atoms with E-state index in [2.05, 4.69) is 22.3 Å². The van der Waals surface area contributed by atoms with Crippen LogP contribution in [0.1, 0.15) is 47.6 Å².